The van der Waals surface area contributed by atoms with Crippen LogP contribution in [0.1, 0.15) is 10.4 Å². The molecule has 0 unspecified atom stereocenters. The van der Waals surface area contributed by atoms with Crippen LogP contribution >= 0.6 is 0 Å². The van der Waals surface area contributed by atoms with E-state index in [1.807, 2.05) is 35.0 Å². The molecule has 0 saturated carbocycles. The summed E-state index contributed by atoms with van der Waals surface area (Å²) >= 11 is 0. The number of primary amides is 1. The van der Waals surface area contributed by atoms with Gasteiger partial charge in [-0.1, -0.05) is 0 Å². The molecule has 25 heavy (non-hydrogen) atoms. The van der Waals surface area contributed by atoms with Crippen LogP contribution in [0.3, 0.4) is 0 Å². The number of benzene rings is 2. The molecular weight excluding hydrogens is 320 g/mol. The average molecular weight is 336 g/mol. The van der Waals surface area contributed by atoms with E-state index in [1.54, 1.807) is 36.8 Å². The number of ether oxygens (including phenoxy) is 1. The normalized spacial score (nSPS) is 10.2. The molecule has 0 fully saturated rings. The maximum atomic E-state index is 12.3. The summed E-state index contributed by atoms with van der Waals surface area (Å²) in [4.78, 5) is 26.9. The van der Waals surface area contributed by atoms with Crippen LogP contribution in [0.25, 0.3) is 5.69 Å². The van der Waals surface area contributed by atoms with Crippen molar-refractivity contribution in [2.45, 2.75) is 0 Å². The van der Waals surface area contributed by atoms with E-state index in [2.05, 4.69) is 10.3 Å². The monoisotopic (exact) mass is 336 g/mol. The van der Waals surface area contributed by atoms with Gasteiger partial charge in [0.2, 0.25) is 0 Å². The Hall–Kier alpha value is -3.61. The van der Waals surface area contributed by atoms with Crippen molar-refractivity contribution in [2.75, 3.05) is 11.9 Å². The van der Waals surface area contributed by atoms with Gasteiger partial charge in [-0.25, -0.2) is 4.98 Å². The van der Waals surface area contributed by atoms with Crippen molar-refractivity contribution in [1.82, 2.24) is 9.55 Å². The second-order valence-corrected chi connectivity index (χ2v) is 5.25. The van der Waals surface area contributed by atoms with Crippen LogP contribution in [0.15, 0.2) is 67.3 Å². The molecule has 0 bridgehead atoms. The molecule has 3 N–H and O–H groups in total. The topological polar surface area (TPSA) is 99.2 Å². The third kappa shape index (κ3) is 4.23. The van der Waals surface area contributed by atoms with Crippen LogP contribution in [0.2, 0.25) is 0 Å². The fourth-order valence-electron chi connectivity index (χ4n) is 2.19. The molecule has 0 aliphatic heterocycles. The second-order valence-electron chi connectivity index (χ2n) is 5.25. The SMILES string of the molecule is NC(=O)COc1ccc(C(=O)Nc2ccc(-n3ccnc3)cc2)cc1. The summed E-state index contributed by atoms with van der Waals surface area (Å²) in [6.07, 6.45) is 5.25. The highest BCUT2D eigenvalue weighted by atomic mass is 16.5. The zero-order valence-electron chi connectivity index (χ0n) is 13.3. The Morgan fingerprint density at radius 2 is 1.80 bits per heavy atom. The van der Waals surface area contributed by atoms with E-state index in [0.29, 0.717) is 17.0 Å². The standard InChI is InChI=1S/C18H16N4O3/c19-17(23)11-25-16-7-1-13(2-8-16)18(24)21-14-3-5-15(6-4-14)22-10-9-20-12-22/h1-10,12H,11H2,(H2,19,23)(H,21,24). The molecule has 0 atom stereocenters. The zero-order valence-corrected chi connectivity index (χ0v) is 13.3. The summed E-state index contributed by atoms with van der Waals surface area (Å²) in [5.74, 6) is -0.321. The molecule has 7 nitrogen and oxygen atoms in total. The number of hydrogen-bond acceptors (Lipinski definition) is 4. The summed E-state index contributed by atoms with van der Waals surface area (Å²) in [6.45, 7) is -0.200. The summed E-state index contributed by atoms with van der Waals surface area (Å²) in [5, 5.41) is 2.82. The van der Waals surface area contributed by atoms with Gasteiger partial charge in [0.1, 0.15) is 5.75 Å². The van der Waals surface area contributed by atoms with Crippen LogP contribution in [0, 0.1) is 0 Å². The lowest BCUT2D eigenvalue weighted by Gasteiger charge is -2.08. The molecule has 0 spiro atoms. The zero-order chi connectivity index (χ0) is 17.6. The van der Waals surface area contributed by atoms with Gasteiger partial charge in [-0.2, -0.15) is 0 Å². The number of nitrogens with two attached hydrogens (primary N) is 1. The maximum Gasteiger partial charge on any atom is 0.255 e. The summed E-state index contributed by atoms with van der Waals surface area (Å²) in [5.41, 5.74) is 7.12. The van der Waals surface area contributed by atoms with Gasteiger partial charge in [-0.05, 0) is 48.5 Å². The molecule has 3 aromatic rings. The lowest BCUT2D eigenvalue weighted by molar-refractivity contribution is -0.119. The van der Waals surface area contributed by atoms with Crippen molar-refractivity contribution < 1.29 is 14.3 Å². The number of aromatic nitrogens is 2. The molecule has 0 aliphatic carbocycles. The van der Waals surface area contributed by atoms with Crippen molar-refractivity contribution in [3.63, 3.8) is 0 Å². The fourth-order valence-corrected chi connectivity index (χ4v) is 2.19. The molecule has 7 heteroatoms. The van der Waals surface area contributed by atoms with E-state index in [1.165, 1.54) is 0 Å². The second kappa shape index (κ2) is 7.31. The van der Waals surface area contributed by atoms with Crippen LogP contribution in [-0.4, -0.2) is 28.0 Å². The fraction of sp³-hybridized carbons (Fsp3) is 0.0556. The highest BCUT2D eigenvalue weighted by Gasteiger charge is 2.07. The number of rotatable bonds is 6. The number of hydrogen-bond donors (Lipinski definition) is 2. The maximum absolute atomic E-state index is 12.3. The van der Waals surface area contributed by atoms with Crippen LogP contribution in [0.4, 0.5) is 5.69 Å². The van der Waals surface area contributed by atoms with Crippen molar-refractivity contribution in [2.24, 2.45) is 5.73 Å². The number of amides is 2. The first-order chi connectivity index (χ1) is 12.1. The first-order valence-corrected chi connectivity index (χ1v) is 7.53. The molecule has 2 aromatic carbocycles. The molecule has 0 radical (unpaired) electrons. The lowest BCUT2D eigenvalue weighted by Crippen LogP contribution is -2.20. The largest absolute Gasteiger partial charge is 0.484 e. The Kier molecular flexibility index (Phi) is 4.75. The first kappa shape index (κ1) is 16.3. The Balaban J connectivity index is 1.62. The molecule has 126 valence electrons. The number of carbonyl (C=O) groups excluding carboxylic acids is 2. The van der Waals surface area contributed by atoms with E-state index in [-0.39, 0.29) is 12.5 Å². The van der Waals surface area contributed by atoms with E-state index in [0.717, 1.165) is 5.69 Å². The minimum absolute atomic E-state index is 0.200. The van der Waals surface area contributed by atoms with Crippen LogP contribution < -0.4 is 15.8 Å². The molecular formula is C18H16N4O3. The summed E-state index contributed by atoms with van der Waals surface area (Å²) < 4.78 is 7.03. The smallest absolute Gasteiger partial charge is 0.255 e. The molecule has 0 aliphatic rings. The van der Waals surface area contributed by atoms with Gasteiger partial charge >= 0.3 is 0 Å². The van der Waals surface area contributed by atoms with Crippen molar-refractivity contribution in [1.29, 1.82) is 0 Å². The average Bonchev–Trinajstić information content (AvgIpc) is 3.15. The van der Waals surface area contributed by atoms with E-state index < -0.39 is 5.91 Å². The number of carbonyl (C=O) groups is 2. The molecule has 2 amide bonds. The Morgan fingerprint density at radius 1 is 1.08 bits per heavy atom. The van der Waals surface area contributed by atoms with Crippen LogP contribution in [-0.2, 0) is 4.79 Å². The van der Waals surface area contributed by atoms with Gasteiger partial charge in [-0.3, -0.25) is 9.59 Å². The molecule has 1 heterocycles. The van der Waals surface area contributed by atoms with Crippen LogP contribution in [0.5, 0.6) is 5.75 Å². The summed E-state index contributed by atoms with van der Waals surface area (Å²) in [6, 6.07) is 13.9. The van der Waals surface area contributed by atoms with Gasteiger partial charge in [0.25, 0.3) is 11.8 Å². The third-order valence-corrected chi connectivity index (χ3v) is 3.43. The van der Waals surface area contributed by atoms with Gasteiger partial charge in [0, 0.05) is 29.3 Å². The van der Waals surface area contributed by atoms with Gasteiger partial charge in [0.15, 0.2) is 6.61 Å². The number of imidazole rings is 1. The Bertz CT molecular complexity index is 856. The van der Waals surface area contributed by atoms with Gasteiger partial charge in [-0.15, -0.1) is 0 Å². The first-order valence-electron chi connectivity index (χ1n) is 7.53. The minimum atomic E-state index is -0.555. The molecule has 0 saturated heterocycles. The highest BCUT2D eigenvalue weighted by Crippen LogP contribution is 2.16. The Labute approximate surface area is 144 Å². The van der Waals surface area contributed by atoms with Gasteiger partial charge < -0.3 is 20.4 Å². The third-order valence-electron chi connectivity index (χ3n) is 3.43. The van der Waals surface area contributed by atoms with Crippen molar-refractivity contribution in [3.8, 4) is 11.4 Å². The predicted octanol–water partition coefficient (Wildman–Crippen LogP) is 1.99. The highest BCUT2D eigenvalue weighted by molar-refractivity contribution is 6.04. The van der Waals surface area contributed by atoms with Gasteiger partial charge in [0.05, 0.1) is 6.33 Å². The van der Waals surface area contributed by atoms with Crippen molar-refractivity contribution >= 4 is 17.5 Å². The number of nitrogens with zero attached hydrogens (tertiary/aromatic N) is 2. The predicted molar refractivity (Wildman–Crippen MR) is 92.6 cm³/mol. The molecule has 3 rings (SSSR count). The lowest BCUT2D eigenvalue weighted by atomic mass is 10.2. The van der Waals surface area contributed by atoms with E-state index >= 15 is 0 Å². The van der Waals surface area contributed by atoms with E-state index in [9.17, 15) is 9.59 Å². The summed E-state index contributed by atoms with van der Waals surface area (Å²) in [7, 11) is 0. The van der Waals surface area contributed by atoms with Crippen molar-refractivity contribution in [3.05, 3.63) is 72.8 Å². The Morgan fingerprint density at radius 3 is 2.40 bits per heavy atom. The number of anilines is 1. The molecule has 1 aromatic heterocycles. The minimum Gasteiger partial charge on any atom is -0.484 e. The van der Waals surface area contributed by atoms with E-state index in [4.69, 9.17) is 10.5 Å². The quantitative estimate of drug-likeness (QED) is 0.719. The number of nitrogens with one attached hydrogen (secondary N) is 1.